The van der Waals surface area contributed by atoms with Crippen LogP contribution in [0.25, 0.3) is 0 Å². The molecule has 0 radical (unpaired) electrons. The molecule has 0 aliphatic heterocycles. The summed E-state index contributed by atoms with van der Waals surface area (Å²) in [7, 11) is 0. The molecule has 0 amide bonds. The Kier molecular flexibility index (Phi) is 4.24. The predicted octanol–water partition coefficient (Wildman–Crippen LogP) is 4.96. The van der Waals surface area contributed by atoms with Crippen LogP contribution in [0.3, 0.4) is 0 Å². The lowest BCUT2D eigenvalue weighted by Gasteiger charge is -2.28. The maximum absolute atomic E-state index is 12.6. The monoisotopic (exact) mass is 280 g/mol. The molecular formula is C18H32O2. The van der Waals surface area contributed by atoms with Gasteiger partial charge >= 0.3 is 5.97 Å². The van der Waals surface area contributed by atoms with Gasteiger partial charge < -0.3 is 4.74 Å². The number of hydrogen-bond donors (Lipinski definition) is 0. The first-order chi connectivity index (χ1) is 9.16. The van der Waals surface area contributed by atoms with E-state index in [-0.39, 0.29) is 22.2 Å². The van der Waals surface area contributed by atoms with E-state index >= 15 is 0 Å². The van der Waals surface area contributed by atoms with E-state index in [0.717, 1.165) is 12.8 Å². The molecule has 0 aromatic carbocycles. The quantitative estimate of drug-likeness (QED) is 0.680. The normalized spacial score (nSPS) is 30.1. The summed E-state index contributed by atoms with van der Waals surface area (Å²) in [5.74, 6) is 0.684. The van der Waals surface area contributed by atoms with E-state index in [1.54, 1.807) is 0 Å². The van der Waals surface area contributed by atoms with E-state index in [0.29, 0.717) is 12.5 Å². The van der Waals surface area contributed by atoms with Crippen molar-refractivity contribution in [1.29, 1.82) is 0 Å². The zero-order valence-corrected chi connectivity index (χ0v) is 14.1. The Morgan fingerprint density at radius 1 is 1.15 bits per heavy atom. The molecule has 1 unspecified atom stereocenters. The molecular weight excluding hydrogens is 248 g/mol. The summed E-state index contributed by atoms with van der Waals surface area (Å²) < 4.78 is 5.75. The van der Waals surface area contributed by atoms with Crippen LogP contribution < -0.4 is 0 Å². The molecule has 0 spiro atoms. The van der Waals surface area contributed by atoms with E-state index in [1.165, 1.54) is 32.1 Å². The molecule has 2 rings (SSSR count). The summed E-state index contributed by atoms with van der Waals surface area (Å²) in [5.41, 5.74) is 0.0709. The van der Waals surface area contributed by atoms with Crippen LogP contribution in [0.1, 0.15) is 79.6 Å². The van der Waals surface area contributed by atoms with Crippen molar-refractivity contribution in [2.45, 2.75) is 79.6 Å². The Labute approximate surface area is 124 Å². The fourth-order valence-electron chi connectivity index (χ4n) is 4.02. The van der Waals surface area contributed by atoms with Gasteiger partial charge in [-0.05, 0) is 42.4 Å². The van der Waals surface area contributed by atoms with Gasteiger partial charge in [-0.1, -0.05) is 53.9 Å². The predicted molar refractivity (Wildman–Crippen MR) is 82.4 cm³/mol. The van der Waals surface area contributed by atoms with Gasteiger partial charge in [-0.25, -0.2) is 0 Å². The summed E-state index contributed by atoms with van der Waals surface area (Å²) in [6, 6.07) is 0. The highest BCUT2D eigenvalue weighted by Crippen LogP contribution is 2.68. The van der Waals surface area contributed by atoms with Crippen LogP contribution in [-0.4, -0.2) is 12.6 Å². The van der Waals surface area contributed by atoms with Crippen molar-refractivity contribution < 1.29 is 9.53 Å². The van der Waals surface area contributed by atoms with Crippen LogP contribution >= 0.6 is 0 Å². The first-order valence-electron chi connectivity index (χ1n) is 8.34. The first kappa shape index (κ1) is 15.9. The van der Waals surface area contributed by atoms with Crippen LogP contribution in [0.15, 0.2) is 0 Å². The minimum absolute atomic E-state index is 0.0722. The lowest BCUT2D eigenvalue weighted by atomic mass is 9.79. The minimum atomic E-state index is -0.222. The molecule has 0 aromatic heterocycles. The second-order valence-electron chi connectivity index (χ2n) is 8.98. The van der Waals surface area contributed by atoms with Gasteiger partial charge in [-0.15, -0.1) is 0 Å². The maximum Gasteiger partial charge on any atom is 0.312 e. The van der Waals surface area contributed by atoms with Crippen molar-refractivity contribution in [2.75, 3.05) is 6.61 Å². The molecule has 2 saturated carbocycles. The van der Waals surface area contributed by atoms with Crippen molar-refractivity contribution in [3.05, 3.63) is 0 Å². The zero-order chi connectivity index (χ0) is 15.0. The van der Waals surface area contributed by atoms with E-state index < -0.39 is 0 Å². The molecule has 20 heavy (non-hydrogen) atoms. The van der Waals surface area contributed by atoms with Crippen molar-refractivity contribution in [2.24, 2.45) is 22.2 Å². The Morgan fingerprint density at radius 3 is 2.15 bits per heavy atom. The second-order valence-corrected chi connectivity index (χ2v) is 8.98. The molecule has 2 aliphatic rings. The fourth-order valence-corrected chi connectivity index (χ4v) is 4.02. The molecule has 0 heterocycles. The van der Waals surface area contributed by atoms with Gasteiger partial charge in [0.15, 0.2) is 0 Å². The third-order valence-electron chi connectivity index (χ3n) is 5.31. The Bertz CT molecular complexity index is 358. The summed E-state index contributed by atoms with van der Waals surface area (Å²) in [6.07, 6.45) is 8.37. The highest BCUT2D eigenvalue weighted by molar-refractivity contribution is 5.81. The third kappa shape index (κ3) is 3.38. The fraction of sp³-hybridized carbons (Fsp3) is 0.944. The van der Waals surface area contributed by atoms with Crippen molar-refractivity contribution in [1.82, 2.24) is 0 Å². The number of ether oxygens (including phenoxy) is 1. The SMILES string of the molecule is CC(C)(C)CC1(C(=O)OCC2CCCCC2)CC1(C)C. The van der Waals surface area contributed by atoms with Gasteiger partial charge in [0, 0.05) is 0 Å². The van der Waals surface area contributed by atoms with E-state index in [4.69, 9.17) is 4.74 Å². The number of esters is 1. The van der Waals surface area contributed by atoms with E-state index in [9.17, 15) is 4.79 Å². The van der Waals surface area contributed by atoms with Crippen LogP contribution in [0.2, 0.25) is 0 Å². The lowest BCUT2D eigenvalue weighted by Crippen LogP contribution is -2.30. The van der Waals surface area contributed by atoms with Crippen molar-refractivity contribution in [3.8, 4) is 0 Å². The van der Waals surface area contributed by atoms with Crippen molar-refractivity contribution in [3.63, 3.8) is 0 Å². The minimum Gasteiger partial charge on any atom is -0.465 e. The maximum atomic E-state index is 12.6. The zero-order valence-electron chi connectivity index (χ0n) is 14.1. The molecule has 0 N–H and O–H groups in total. The van der Waals surface area contributed by atoms with Gasteiger partial charge in [0.1, 0.15) is 0 Å². The summed E-state index contributed by atoms with van der Waals surface area (Å²) in [4.78, 5) is 12.6. The third-order valence-corrected chi connectivity index (χ3v) is 5.31. The van der Waals surface area contributed by atoms with Gasteiger partial charge in [-0.3, -0.25) is 4.79 Å². The molecule has 2 fully saturated rings. The number of rotatable bonds is 4. The van der Waals surface area contributed by atoms with Crippen LogP contribution in [0, 0.1) is 22.2 Å². The van der Waals surface area contributed by atoms with Crippen LogP contribution in [0.5, 0.6) is 0 Å². The second kappa shape index (κ2) is 5.35. The molecule has 2 nitrogen and oxygen atoms in total. The van der Waals surface area contributed by atoms with Gasteiger partial charge in [-0.2, -0.15) is 0 Å². The molecule has 116 valence electrons. The Balaban J connectivity index is 1.92. The summed E-state index contributed by atoms with van der Waals surface area (Å²) in [5, 5.41) is 0. The molecule has 0 bridgehead atoms. The van der Waals surface area contributed by atoms with E-state index in [2.05, 4.69) is 34.6 Å². The molecule has 2 aliphatic carbocycles. The highest BCUT2D eigenvalue weighted by Gasteiger charge is 2.67. The average Bonchev–Trinajstić information content (AvgIpc) is 2.88. The Hall–Kier alpha value is -0.530. The van der Waals surface area contributed by atoms with Gasteiger partial charge in [0.05, 0.1) is 12.0 Å². The summed E-state index contributed by atoms with van der Waals surface area (Å²) in [6.45, 7) is 11.7. The summed E-state index contributed by atoms with van der Waals surface area (Å²) >= 11 is 0. The molecule has 0 aromatic rings. The lowest BCUT2D eigenvalue weighted by molar-refractivity contribution is -0.155. The van der Waals surface area contributed by atoms with Gasteiger partial charge in [0.25, 0.3) is 0 Å². The average molecular weight is 280 g/mol. The first-order valence-corrected chi connectivity index (χ1v) is 8.34. The van der Waals surface area contributed by atoms with E-state index in [1.807, 2.05) is 0 Å². The largest absolute Gasteiger partial charge is 0.465 e. The van der Waals surface area contributed by atoms with Gasteiger partial charge in [0.2, 0.25) is 0 Å². The van der Waals surface area contributed by atoms with Crippen molar-refractivity contribution >= 4 is 5.97 Å². The van der Waals surface area contributed by atoms with Crippen LogP contribution in [0.4, 0.5) is 0 Å². The Morgan fingerprint density at radius 2 is 1.70 bits per heavy atom. The topological polar surface area (TPSA) is 26.3 Å². The number of carbonyl (C=O) groups is 1. The van der Waals surface area contributed by atoms with Crippen LogP contribution in [-0.2, 0) is 9.53 Å². The highest BCUT2D eigenvalue weighted by atomic mass is 16.5. The standard InChI is InChI=1S/C18H32O2/c1-16(2,3)12-18(13-17(18,4)5)15(19)20-11-14-9-7-6-8-10-14/h14H,6-13H2,1-5H3. The molecule has 1 atom stereocenters. The molecule has 0 saturated heterocycles. The molecule has 2 heteroatoms. The number of hydrogen-bond acceptors (Lipinski definition) is 2. The smallest absolute Gasteiger partial charge is 0.312 e. The number of carbonyl (C=O) groups excluding carboxylic acids is 1.